The Morgan fingerprint density at radius 2 is 2.14 bits per heavy atom. The van der Waals surface area contributed by atoms with Gasteiger partial charge in [0.05, 0.1) is 7.11 Å². The summed E-state index contributed by atoms with van der Waals surface area (Å²) in [6.45, 7) is 4.40. The standard InChI is InChI=1S/C10H21NO2S/c1-5-8(2)6-14-7-9(11-3)10(12)13-4/h8-9,11H,5-7H2,1-4H3. The molecule has 0 aliphatic rings. The van der Waals surface area contributed by atoms with Crippen molar-refractivity contribution in [2.75, 3.05) is 25.7 Å². The maximum Gasteiger partial charge on any atom is 0.323 e. The lowest BCUT2D eigenvalue weighted by atomic mass is 10.2. The Labute approximate surface area is 91.0 Å². The normalized spacial score (nSPS) is 14.9. The number of likely N-dealkylation sites (N-methyl/N-ethyl adjacent to an activating group) is 1. The first kappa shape index (κ1) is 13.8. The minimum Gasteiger partial charge on any atom is -0.468 e. The molecule has 0 saturated carbocycles. The number of methoxy groups -OCH3 is 1. The minimum absolute atomic E-state index is 0.172. The molecule has 2 unspecified atom stereocenters. The van der Waals surface area contributed by atoms with E-state index in [9.17, 15) is 4.79 Å². The number of thioether (sulfide) groups is 1. The van der Waals surface area contributed by atoms with Crippen LogP contribution in [0.15, 0.2) is 0 Å². The van der Waals surface area contributed by atoms with Crippen LogP contribution in [0, 0.1) is 5.92 Å². The summed E-state index contributed by atoms with van der Waals surface area (Å²) in [6.07, 6.45) is 1.19. The van der Waals surface area contributed by atoms with E-state index in [1.165, 1.54) is 13.5 Å². The molecule has 1 N–H and O–H groups in total. The van der Waals surface area contributed by atoms with Gasteiger partial charge in [-0.3, -0.25) is 4.79 Å². The van der Waals surface area contributed by atoms with Crippen LogP contribution < -0.4 is 5.32 Å². The van der Waals surface area contributed by atoms with Gasteiger partial charge in [-0.15, -0.1) is 0 Å². The summed E-state index contributed by atoms with van der Waals surface area (Å²) in [6, 6.07) is -0.172. The fourth-order valence-electron chi connectivity index (χ4n) is 0.916. The van der Waals surface area contributed by atoms with Gasteiger partial charge in [0.1, 0.15) is 6.04 Å². The van der Waals surface area contributed by atoms with Gasteiger partial charge in [0.15, 0.2) is 0 Å². The third-order valence-corrected chi connectivity index (χ3v) is 3.59. The molecule has 0 rings (SSSR count). The molecule has 0 aliphatic heterocycles. The highest BCUT2D eigenvalue weighted by molar-refractivity contribution is 7.99. The predicted octanol–water partition coefficient (Wildman–Crippen LogP) is 1.53. The molecule has 84 valence electrons. The molecule has 0 amide bonds. The van der Waals surface area contributed by atoms with Gasteiger partial charge in [0.2, 0.25) is 0 Å². The van der Waals surface area contributed by atoms with Crippen LogP contribution in [-0.4, -0.2) is 37.7 Å². The van der Waals surface area contributed by atoms with Crippen LogP contribution in [0.4, 0.5) is 0 Å². The zero-order valence-corrected chi connectivity index (χ0v) is 10.3. The fraction of sp³-hybridized carbons (Fsp3) is 0.900. The lowest BCUT2D eigenvalue weighted by Gasteiger charge is -2.14. The lowest BCUT2D eigenvalue weighted by molar-refractivity contribution is -0.142. The van der Waals surface area contributed by atoms with Crippen molar-refractivity contribution in [1.29, 1.82) is 0 Å². The van der Waals surface area contributed by atoms with Crippen molar-refractivity contribution < 1.29 is 9.53 Å². The van der Waals surface area contributed by atoms with Crippen LogP contribution in [0.5, 0.6) is 0 Å². The maximum absolute atomic E-state index is 11.2. The van der Waals surface area contributed by atoms with Crippen molar-refractivity contribution in [3.8, 4) is 0 Å². The molecule has 0 aromatic rings. The molecule has 2 atom stereocenters. The summed E-state index contributed by atoms with van der Waals surface area (Å²) >= 11 is 1.80. The van der Waals surface area contributed by atoms with Crippen LogP contribution in [0.3, 0.4) is 0 Å². The average Bonchev–Trinajstić information content (AvgIpc) is 2.22. The molecule has 0 saturated heterocycles. The Morgan fingerprint density at radius 1 is 1.50 bits per heavy atom. The molecule has 0 fully saturated rings. The van der Waals surface area contributed by atoms with Crippen molar-refractivity contribution in [2.45, 2.75) is 26.3 Å². The van der Waals surface area contributed by atoms with Gasteiger partial charge in [-0.1, -0.05) is 20.3 Å². The molecule has 14 heavy (non-hydrogen) atoms. The third-order valence-electron chi connectivity index (χ3n) is 2.22. The van der Waals surface area contributed by atoms with E-state index in [2.05, 4.69) is 23.9 Å². The van der Waals surface area contributed by atoms with Crippen molar-refractivity contribution >= 4 is 17.7 Å². The van der Waals surface area contributed by atoms with Gasteiger partial charge < -0.3 is 10.1 Å². The van der Waals surface area contributed by atoms with Gasteiger partial charge in [-0.2, -0.15) is 11.8 Å². The van der Waals surface area contributed by atoms with E-state index in [-0.39, 0.29) is 12.0 Å². The first-order valence-corrected chi connectivity index (χ1v) is 6.14. The second-order valence-corrected chi connectivity index (χ2v) is 4.49. The first-order chi connectivity index (χ1) is 6.65. The topological polar surface area (TPSA) is 38.3 Å². The molecule has 4 heteroatoms. The molecule has 0 radical (unpaired) electrons. The molecule has 0 aromatic heterocycles. The summed E-state index contributed by atoms with van der Waals surface area (Å²) in [7, 11) is 3.21. The van der Waals surface area contributed by atoms with E-state index in [1.54, 1.807) is 18.8 Å². The minimum atomic E-state index is -0.177. The molecule has 0 heterocycles. The fourth-order valence-corrected chi connectivity index (χ4v) is 2.23. The van der Waals surface area contributed by atoms with E-state index in [0.717, 1.165) is 17.4 Å². The summed E-state index contributed by atoms with van der Waals surface area (Å²) in [5.74, 6) is 2.43. The molecule has 3 nitrogen and oxygen atoms in total. The lowest BCUT2D eigenvalue weighted by Crippen LogP contribution is -2.37. The van der Waals surface area contributed by atoms with Crippen molar-refractivity contribution in [3.63, 3.8) is 0 Å². The second kappa shape index (κ2) is 8.12. The Morgan fingerprint density at radius 3 is 2.57 bits per heavy atom. The molecule has 0 bridgehead atoms. The van der Waals surface area contributed by atoms with E-state index < -0.39 is 0 Å². The van der Waals surface area contributed by atoms with Gasteiger partial charge >= 0.3 is 5.97 Å². The van der Waals surface area contributed by atoms with Gasteiger partial charge in [-0.05, 0) is 18.7 Å². The quantitative estimate of drug-likeness (QED) is 0.659. The number of carbonyl (C=O) groups is 1. The number of carbonyl (C=O) groups excluding carboxylic acids is 1. The zero-order chi connectivity index (χ0) is 11.0. The van der Waals surface area contributed by atoms with Gasteiger partial charge in [0.25, 0.3) is 0 Å². The third kappa shape index (κ3) is 5.50. The summed E-state index contributed by atoms with van der Waals surface area (Å²) in [5.41, 5.74) is 0. The largest absolute Gasteiger partial charge is 0.468 e. The van der Waals surface area contributed by atoms with Gasteiger partial charge in [-0.25, -0.2) is 0 Å². The average molecular weight is 219 g/mol. The number of hydrogen-bond acceptors (Lipinski definition) is 4. The SMILES string of the molecule is CCC(C)CSCC(NC)C(=O)OC. The van der Waals surface area contributed by atoms with Crippen molar-refractivity contribution in [1.82, 2.24) is 5.32 Å². The van der Waals surface area contributed by atoms with E-state index in [1.807, 2.05) is 0 Å². The van der Waals surface area contributed by atoms with Gasteiger partial charge in [0, 0.05) is 5.75 Å². The Bertz CT molecular complexity index is 164. The molecule has 0 aromatic carbocycles. The maximum atomic E-state index is 11.2. The highest BCUT2D eigenvalue weighted by atomic mass is 32.2. The van der Waals surface area contributed by atoms with E-state index in [4.69, 9.17) is 0 Å². The Kier molecular flexibility index (Phi) is 7.99. The smallest absolute Gasteiger partial charge is 0.323 e. The van der Waals surface area contributed by atoms with Crippen LogP contribution >= 0.6 is 11.8 Å². The molecule has 0 spiro atoms. The number of esters is 1. The van der Waals surface area contributed by atoms with Crippen LogP contribution in [-0.2, 0) is 9.53 Å². The Hall–Kier alpha value is -0.220. The number of rotatable bonds is 7. The highest BCUT2D eigenvalue weighted by Gasteiger charge is 2.16. The van der Waals surface area contributed by atoms with Crippen LogP contribution in [0.25, 0.3) is 0 Å². The second-order valence-electron chi connectivity index (χ2n) is 3.42. The zero-order valence-electron chi connectivity index (χ0n) is 9.50. The monoisotopic (exact) mass is 219 g/mol. The van der Waals surface area contributed by atoms with E-state index >= 15 is 0 Å². The molecule has 0 aliphatic carbocycles. The highest BCUT2D eigenvalue weighted by Crippen LogP contribution is 2.12. The number of hydrogen-bond donors (Lipinski definition) is 1. The molecular weight excluding hydrogens is 198 g/mol. The number of nitrogens with one attached hydrogen (secondary N) is 1. The van der Waals surface area contributed by atoms with Crippen molar-refractivity contribution in [2.24, 2.45) is 5.92 Å². The molecular formula is C10H21NO2S. The van der Waals surface area contributed by atoms with Crippen LogP contribution in [0.1, 0.15) is 20.3 Å². The summed E-state index contributed by atoms with van der Waals surface area (Å²) in [4.78, 5) is 11.2. The summed E-state index contributed by atoms with van der Waals surface area (Å²) in [5, 5.41) is 2.95. The van der Waals surface area contributed by atoms with Crippen LogP contribution in [0.2, 0.25) is 0 Å². The number of ether oxygens (including phenoxy) is 1. The first-order valence-electron chi connectivity index (χ1n) is 4.98. The summed E-state index contributed by atoms with van der Waals surface area (Å²) < 4.78 is 4.67. The predicted molar refractivity (Wildman–Crippen MR) is 61.6 cm³/mol. The van der Waals surface area contributed by atoms with Crippen molar-refractivity contribution in [3.05, 3.63) is 0 Å². The van der Waals surface area contributed by atoms with E-state index in [0.29, 0.717) is 0 Å². The Balaban J connectivity index is 3.68.